The van der Waals surface area contributed by atoms with Gasteiger partial charge in [-0.15, -0.1) is 0 Å². The first-order valence-corrected chi connectivity index (χ1v) is 6.58. The zero-order chi connectivity index (χ0) is 13.2. The van der Waals surface area contributed by atoms with Gasteiger partial charge in [0, 0.05) is 29.6 Å². The van der Waals surface area contributed by atoms with Gasteiger partial charge in [0.05, 0.1) is 11.2 Å². The molecule has 2 aromatic rings. The van der Waals surface area contributed by atoms with Crippen LogP contribution in [0.25, 0.3) is 11.1 Å². The Kier molecular flexibility index (Phi) is 3.21. The third kappa shape index (κ3) is 2.21. The number of amides is 1. The molecule has 1 N–H and O–H groups in total. The molecule has 0 saturated heterocycles. The molecule has 1 aliphatic heterocycles. The minimum atomic E-state index is 0.491. The van der Waals surface area contributed by atoms with Crippen LogP contribution in [-0.4, -0.2) is 21.2 Å². The summed E-state index contributed by atoms with van der Waals surface area (Å²) in [5.74, 6) is 0.491. The lowest BCUT2D eigenvalue weighted by molar-refractivity contribution is -0.105. The summed E-state index contributed by atoms with van der Waals surface area (Å²) in [5, 5.41) is 7.50. The summed E-state index contributed by atoms with van der Waals surface area (Å²) in [4.78, 5) is 14.5. The maximum absolute atomic E-state index is 10.5. The van der Waals surface area contributed by atoms with Crippen LogP contribution in [0.15, 0.2) is 18.5 Å². The molecular formula is C13H13ClN4O. The Balaban J connectivity index is 2.08. The summed E-state index contributed by atoms with van der Waals surface area (Å²) in [5.41, 5.74) is 3.10. The van der Waals surface area contributed by atoms with Crippen molar-refractivity contribution in [2.45, 2.75) is 25.8 Å². The van der Waals surface area contributed by atoms with Crippen LogP contribution in [-0.2, 0) is 17.8 Å². The molecule has 3 rings (SSSR count). The van der Waals surface area contributed by atoms with Crippen molar-refractivity contribution < 1.29 is 4.79 Å². The molecular weight excluding hydrogens is 264 g/mol. The van der Waals surface area contributed by atoms with E-state index in [0.717, 1.165) is 30.5 Å². The molecule has 3 heterocycles. The molecule has 0 unspecified atom stereocenters. The first-order chi connectivity index (χ1) is 9.29. The maximum Gasteiger partial charge on any atom is 0.212 e. The smallest absolute Gasteiger partial charge is 0.212 e. The third-order valence-electron chi connectivity index (χ3n) is 3.33. The Bertz CT molecular complexity index is 623. The fourth-order valence-corrected chi connectivity index (χ4v) is 2.64. The van der Waals surface area contributed by atoms with Crippen LogP contribution in [0.1, 0.15) is 18.5 Å². The molecule has 0 atom stereocenters. The van der Waals surface area contributed by atoms with Crippen molar-refractivity contribution in [1.82, 2.24) is 14.8 Å². The second-order valence-corrected chi connectivity index (χ2v) is 4.90. The zero-order valence-electron chi connectivity index (χ0n) is 10.3. The molecule has 0 spiro atoms. The second-order valence-electron chi connectivity index (χ2n) is 4.50. The van der Waals surface area contributed by atoms with E-state index in [-0.39, 0.29) is 0 Å². The molecule has 0 aliphatic carbocycles. The molecule has 0 saturated carbocycles. The van der Waals surface area contributed by atoms with Crippen molar-refractivity contribution in [1.29, 1.82) is 0 Å². The van der Waals surface area contributed by atoms with Gasteiger partial charge in [0.2, 0.25) is 6.41 Å². The lowest BCUT2D eigenvalue weighted by atomic mass is 10.0. The van der Waals surface area contributed by atoms with Gasteiger partial charge < -0.3 is 5.32 Å². The maximum atomic E-state index is 10.5. The number of carbonyl (C=O) groups excluding carboxylic acids is 1. The summed E-state index contributed by atoms with van der Waals surface area (Å²) >= 11 is 6.21. The van der Waals surface area contributed by atoms with Crippen molar-refractivity contribution in [3.63, 3.8) is 0 Å². The molecule has 5 nitrogen and oxygen atoms in total. The number of rotatable bonds is 3. The highest BCUT2D eigenvalue weighted by Crippen LogP contribution is 2.33. The van der Waals surface area contributed by atoms with Gasteiger partial charge in [-0.3, -0.25) is 9.48 Å². The number of aryl methyl sites for hydroxylation is 1. The summed E-state index contributed by atoms with van der Waals surface area (Å²) in [7, 11) is 0. The highest BCUT2D eigenvalue weighted by molar-refractivity contribution is 6.33. The molecule has 0 radical (unpaired) electrons. The predicted octanol–water partition coefficient (Wildman–Crippen LogP) is 2.50. The van der Waals surface area contributed by atoms with Crippen LogP contribution in [0.2, 0.25) is 5.02 Å². The van der Waals surface area contributed by atoms with Crippen LogP contribution >= 0.6 is 11.6 Å². The molecule has 1 amide bonds. The van der Waals surface area contributed by atoms with Crippen molar-refractivity contribution in [3.05, 3.63) is 29.2 Å². The van der Waals surface area contributed by atoms with E-state index in [9.17, 15) is 4.79 Å². The number of anilines is 1. The van der Waals surface area contributed by atoms with Crippen LogP contribution in [0.3, 0.4) is 0 Å². The van der Waals surface area contributed by atoms with Crippen LogP contribution in [0, 0.1) is 0 Å². The molecule has 2 aromatic heterocycles. The number of nitrogens with one attached hydrogen (secondary N) is 1. The summed E-state index contributed by atoms with van der Waals surface area (Å²) in [6, 6.07) is 1.78. The number of pyridine rings is 1. The van der Waals surface area contributed by atoms with Gasteiger partial charge in [-0.2, -0.15) is 5.10 Å². The Labute approximate surface area is 115 Å². The third-order valence-corrected chi connectivity index (χ3v) is 3.64. The number of halogens is 1. The second kappa shape index (κ2) is 5.01. The summed E-state index contributed by atoms with van der Waals surface area (Å²) in [6.07, 6.45) is 7.33. The molecule has 98 valence electrons. The van der Waals surface area contributed by atoms with Crippen LogP contribution in [0.4, 0.5) is 5.82 Å². The molecule has 0 aromatic carbocycles. The Morgan fingerprint density at radius 1 is 1.32 bits per heavy atom. The van der Waals surface area contributed by atoms with Gasteiger partial charge in [-0.25, -0.2) is 4.98 Å². The SMILES string of the molecule is O=CNc1cc(-c2cnn3c2CCCC3)c(Cl)cn1. The van der Waals surface area contributed by atoms with Gasteiger partial charge in [0.1, 0.15) is 5.82 Å². The van der Waals surface area contributed by atoms with Crippen LogP contribution in [0.5, 0.6) is 0 Å². The largest absolute Gasteiger partial charge is 0.313 e. The van der Waals surface area contributed by atoms with E-state index in [1.54, 1.807) is 12.3 Å². The molecule has 0 bridgehead atoms. The van der Waals surface area contributed by atoms with Gasteiger partial charge in [0.25, 0.3) is 0 Å². The molecule has 19 heavy (non-hydrogen) atoms. The van der Waals surface area contributed by atoms with Crippen molar-refractivity contribution in [2.24, 2.45) is 0 Å². The average molecular weight is 277 g/mol. The van der Waals surface area contributed by atoms with Gasteiger partial charge >= 0.3 is 0 Å². The molecule has 0 fully saturated rings. The van der Waals surface area contributed by atoms with Gasteiger partial charge in [-0.1, -0.05) is 11.6 Å². The van der Waals surface area contributed by atoms with Crippen molar-refractivity contribution >= 4 is 23.8 Å². The minimum absolute atomic E-state index is 0.491. The standard InChI is InChI=1S/C13H13ClN4O/c14-11-7-15-13(16-8-19)5-9(11)10-6-17-18-4-2-1-3-12(10)18/h5-8H,1-4H2,(H,15,16,19). The van der Waals surface area contributed by atoms with E-state index < -0.39 is 0 Å². The number of nitrogens with zero attached hydrogens (tertiary/aromatic N) is 3. The first kappa shape index (κ1) is 12.2. The Morgan fingerprint density at radius 2 is 2.21 bits per heavy atom. The number of fused-ring (bicyclic) bond motifs is 1. The first-order valence-electron chi connectivity index (χ1n) is 6.20. The summed E-state index contributed by atoms with van der Waals surface area (Å²) in [6.45, 7) is 0.956. The fourth-order valence-electron chi connectivity index (χ4n) is 2.43. The van der Waals surface area contributed by atoms with Crippen molar-refractivity contribution in [3.8, 4) is 11.1 Å². The summed E-state index contributed by atoms with van der Waals surface area (Å²) < 4.78 is 2.03. The van der Waals surface area contributed by atoms with E-state index >= 15 is 0 Å². The van der Waals surface area contributed by atoms with Gasteiger partial charge in [0.15, 0.2) is 0 Å². The Morgan fingerprint density at radius 3 is 3.05 bits per heavy atom. The van der Waals surface area contributed by atoms with E-state index in [4.69, 9.17) is 11.6 Å². The average Bonchev–Trinajstić information content (AvgIpc) is 2.85. The van der Waals surface area contributed by atoms with Crippen LogP contribution < -0.4 is 5.32 Å². The Hall–Kier alpha value is -1.88. The fraction of sp³-hybridized carbons (Fsp3) is 0.308. The quantitative estimate of drug-likeness (QED) is 0.876. The number of carbonyl (C=O) groups is 1. The lowest BCUT2D eigenvalue weighted by Crippen LogP contribution is -2.11. The zero-order valence-corrected chi connectivity index (χ0v) is 11.0. The van der Waals surface area contributed by atoms with Crippen molar-refractivity contribution in [2.75, 3.05) is 5.32 Å². The van der Waals surface area contributed by atoms with E-state index in [1.807, 2.05) is 10.9 Å². The normalized spacial score (nSPS) is 13.9. The molecule has 6 heteroatoms. The lowest BCUT2D eigenvalue weighted by Gasteiger charge is -2.15. The topological polar surface area (TPSA) is 59.8 Å². The van der Waals surface area contributed by atoms with E-state index in [0.29, 0.717) is 17.3 Å². The number of hydrogen-bond donors (Lipinski definition) is 1. The number of hydrogen-bond acceptors (Lipinski definition) is 3. The minimum Gasteiger partial charge on any atom is -0.313 e. The monoisotopic (exact) mass is 276 g/mol. The highest BCUT2D eigenvalue weighted by atomic mass is 35.5. The van der Waals surface area contributed by atoms with E-state index in [2.05, 4.69) is 15.4 Å². The van der Waals surface area contributed by atoms with E-state index in [1.165, 1.54) is 12.1 Å². The van der Waals surface area contributed by atoms with Gasteiger partial charge in [-0.05, 0) is 25.3 Å². The molecule has 1 aliphatic rings. The highest BCUT2D eigenvalue weighted by Gasteiger charge is 2.18. The number of aromatic nitrogens is 3. The predicted molar refractivity (Wildman–Crippen MR) is 73.1 cm³/mol.